The van der Waals surface area contributed by atoms with Crippen molar-refractivity contribution in [3.8, 4) is 0 Å². The normalized spacial score (nSPS) is 12.1. The molecule has 0 rings (SSSR count). The maximum atomic E-state index is 12.1. The monoisotopic (exact) mass is 696 g/mol. The Kier molecular flexibility index (Phi) is 32.0. The second-order valence-corrected chi connectivity index (χ2v) is 19.4. The number of carbonyl (C=O) groups is 3. The molecule has 0 heterocycles. The fraction of sp³-hybridized carbons (Fsp3) is 0.833. The van der Waals surface area contributed by atoms with Crippen LogP contribution in [0, 0.1) is 0 Å². The molecule has 1 atom stereocenters. The number of thioether (sulfide) groups is 10. The summed E-state index contributed by atoms with van der Waals surface area (Å²) in [5.74, 6) is 5.55. The van der Waals surface area contributed by atoms with Gasteiger partial charge in [-0.3, -0.25) is 14.4 Å². The summed E-state index contributed by atoms with van der Waals surface area (Å²) in [6.45, 7) is 0. The number of aliphatic hydroxyl groups excluding tert-OH is 2. The molecule has 35 heavy (non-hydrogen) atoms. The number of rotatable bonds is 25. The van der Waals surface area contributed by atoms with Crippen LogP contribution in [0.1, 0.15) is 0 Å². The average Bonchev–Trinajstić information content (AvgIpc) is 2.83. The van der Waals surface area contributed by atoms with E-state index >= 15 is 0 Å². The molecular formula is C18H32O6S11. The largest absolute Gasteiger partial charge is 0.616 e. The fourth-order valence-corrected chi connectivity index (χ4v) is 13.1. The molecule has 0 radical (unpaired) electrons. The summed E-state index contributed by atoms with van der Waals surface area (Å²) >= 11 is 13.6. The van der Waals surface area contributed by atoms with Crippen molar-refractivity contribution >= 4 is 144 Å². The van der Waals surface area contributed by atoms with Gasteiger partial charge in [-0.05, 0) is 0 Å². The van der Waals surface area contributed by atoms with Gasteiger partial charge in [-0.25, -0.2) is 0 Å². The van der Waals surface area contributed by atoms with Crippen LogP contribution in [0.15, 0.2) is 0 Å². The molecule has 0 bridgehead atoms. The van der Waals surface area contributed by atoms with Gasteiger partial charge < -0.3 is 14.8 Å². The van der Waals surface area contributed by atoms with Crippen LogP contribution in [0.3, 0.4) is 0 Å². The Morgan fingerprint density at radius 2 is 1.03 bits per heavy atom. The average molecular weight is 697 g/mol. The molecule has 206 valence electrons. The fourth-order valence-electron chi connectivity index (χ4n) is 1.70. The van der Waals surface area contributed by atoms with E-state index in [1.54, 1.807) is 35.3 Å². The van der Waals surface area contributed by atoms with Crippen molar-refractivity contribution in [3.05, 3.63) is 0 Å². The molecular weight excluding hydrogens is 665 g/mol. The molecule has 17 heteroatoms. The van der Waals surface area contributed by atoms with Gasteiger partial charge in [0.1, 0.15) is 11.5 Å². The Morgan fingerprint density at radius 3 is 1.57 bits per heavy atom. The maximum Gasteiger partial charge on any atom is 0.199 e. The van der Waals surface area contributed by atoms with Crippen molar-refractivity contribution in [1.82, 2.24) is 0 Å². The van der Waals surface area contributed by atoms with E-state index in [0.29, 0.717) is 50.4 Å². The van der Waals surface area contributed by atoms with E-state index in [1.165, 1.54) is 82.3 Å². The van der Waals surface area contributed by atoms with Crippen LogP contribution in [-0.2, 0) is 25.6 Å². The third-order valence-electron chi connectivity index (χ3n) is 3.18. The summed E-state index contributed by atoms with van der Waals surface area (Å²) in [5, 5.41) is 20.5. The first-order valence-corrected chi connectivity index (χ1v) is 22.6. The molecule has 0 aliphatic heterocycles. The Labute approximate surface area is 254 Å². The zero-order valence-corrected chi connectivity index (χ0v) is 28.1. The smallest absolute Gasteiger partial charge is 0.199 e. The summed E-state index contributed by atoms with van der Waals surface area (Å²) in [7, 11) is 0. The van der Waals surface area contributed by atoms with Gasteiger partial charge in [0.05, 0.1) is 29.1 Å². The van der Waals surface area contributed by atoms with Crippen molar-refractivity contribution < 1.29 is 29.1 Å². The highest BCUT2D eigenvalue weighted by Crippen LogP contribution is 2.21. The lowest BCUT2D eigenvalue weighted by Crippen LogP contribution is -2.15. The van der Waals surface area contributed by atoms with Crippen molar-refractivity contribution in [1.29, 1.82) is 0 Å². The molecule has 0 aromatic carbocycles. The van der Waals surface area contributed by atoms with E-state index in [-0.39, 0.29) is 27.2 Å². The SMILES string of the molecule is O=C(CSCC(=O)SCSCSCO)SCCSCC[S+]([O-])CCSCC(=O)SCSCSCO. The first-order valence-electron chi connectivity index (χ1n) is 10.1. The Balaban J connectivity index is 3.46. The van der Waals surface area contributed by atoms with E-state index in [4.69, 9.17) is 10.2 Å². The molecule has 1 unspecified atom stereocenters. The third-order valence-corrected chi connectivity index (χ3v) is 15.8. The first-order chi connectivity index (χ1) is 17.0. The van der Waals surface area contributed by atoms with Crippen molar-refractivity contribution in [3.63, 3.8) is 0 Å². The van der Waals surface area contributed by atoms with Crippen molar-refractivity contribution in [2.24, 2.45) is 0 Å². The molecule has 0 amide bonds. The van der Waals surface area contributed by atoms with E-state index in [0.717, 1.165) is 21.7 Å². The summed E-state index contributed by atoms with van der Waals surface area (Å²) < 4.78 is 12.1. The van der Waals surface area contributed by atoms with Gasteiger partial charge in [0.2, 0.25) is 0 Å². The Bertz CT molecular complexity index is 547. The lowest BCUT2D eigenvalue weighted by Gasteiger charge is -2.10. The number of hydrogen-bond donors (Lipinski definition) is 2. The third kappa shape index (κ3) is 29.5. The van der Waals surface area contributed by atoms with Gasteiger partial charge >= 0.3 is 0 Å². The number of aliphatic hydroxyl groups is 2. The Morgan fingerprint density at radius 1 is 0.543 bits per heavy atom. The second kappa shape index (κ2) is 29.7. The molecule has 0 aliphatic carbocycles. The van der Waals surface area contributed by atoms with Crippen LogP contribution in [0.2, 0.25) is 0 Å². The molecule has 0 aliphatic rings. The van der Waals surface area contributed by atoms with Crippen molar-refractivity contribution in [2.45, 2.75) is 0 Å². The summed E-state index contributed by atoms with van der Waals surface area (Å²) in [4.78, 5) is 35.4. The predicted octanol–water partition coefficient (Wildman–Crippen LogP) is 4.38. The predicted molar refractivity (Wildman–Crippen MR) is 177 cm³/mol. The maximum absolute atomic E-state index is 12.1. The summed E-state index contributed by atoms with van der Waals surface area (Å²) in [6, 6.07) is 0. The minimum Gasteiger partial charge on any atom is -0.616 e. The Hall–Kier alpha value is 2.74. The zero-order chi connectivity index (χ0) is 26.0. The van der Waals surface area contributed by atoms with Crippen LogP contribution >= 0.6 is 118 Å². The molecule has 2 N–H and O–H groups in total. The van der Waals surface area contributed by atoms with E-state index in [1.807, 2.05) is 0 Å². The van der Waals surface area contributed by atoms with E-state index in [9.17, 15) is 18.9 Å². The lowest BCUT2D eigenvalue weighted by atomic mass is 10.9. The van der Waals surface area contributed by atoms with Gasteiger partial charge in [0.25, 0.3) is 0 Å². The molecule has 0 spiro atoms. The number of carbonyl (C=O) groups excluding carboxylic acids is 3. The van der Waals surface area contributed by atoms with Gasteiger partial charge in [0.15, 0.2) is 15.3 Å². The number of hydrogen-bond acceptors (Lipinski definition) is 16. The van der Waals surface area contributed by atoms with Gasteiger partial charge in [-0.15, -0.1) is 70.6 Å². The molecule has 0 saturated carbocycles. The molecule has 6 nitrogen and oxygen atoms in total. The minimum atomic E-state index is -0.887. The van der Waals surface area contributed by atoms with Gasteiger partial charge in [0, 0.05) is 43.4 Å². The molecule has 0 aromatic heterocycles. The minimum absolute atomic E-state index is 0.0744. The highest BCUT2D eigenvalue weighted by molar-refractivity contribution is 8.28. The summed E-state index contributed by atoms with van der Waals surface area (Å²) in [6.07, 6.45) is 0. The molecule has 0 saturated heterocycles. The highest BCUT2D eigenvalue weighted by atomic mass is 32.2. The van der Waals surface area contributed by atoms with E-state index < -0.39 is 11.2 Å². The first kappa shape index (κ1) is 37.7. The van der Waals surface area contributed by atoms with E-state index in [2.05, 4.69) is 0 Å². The van der Waals surface area contributed by atoms with Crippen LogP contribution in [0.4, 0.5) is 0 Å². The zero-order valence-electron chi connectivity index (χ0n) is 19.1. The van der Waals surface area contributed by atoms with Gasteiger partial charge in [-0.2, -0.15) is 11.8 Å². The molecule has 0 fully saturated rings. The van der Waals surface area contributed by atoms with Crippen LogP contribution in [-0.4, -0.2) is 114 Å². The van der Waals surface area contributed by atoms with Crippen LogP contribution < -0.4 is 0 Å². The lowest BCUT2D eigenvalue weighted by molar-refractivity contribution is -0.109. The van der Waals surface area contributed by atoms with Crippen LogP contribution in [0.5, 0.6) is 0 Å². The topological polar surface area (TPSA) is 115 Å². The van der Waals surface area contributed by atoms with Crippen LogP contribution in [0.25, 0.3) is 0 Å². The van der Waals surface area contributed by atoms with Gasteiger partial charge in [-0.1, -0.05) is 46.5 Å². The highest BCUT2D eigenvalue weighted by Gasteiger charge is 2.10. The van der Waals surface area contributed by atoms with Crippen molar-refractivity contribution in [2.75, 3.05) is 84.0 Å². The standard InChI is InChI=1S/C18H32O6S11/c19-10-28-12-30-14-33-17(22)7-26-4-6-35(24)5-3-25-1-2-32-16(21)8-27-9-18(23)34-15-31-13-29-11-20/h19-20H,1-15H2. The quantitative estimate of drug-likeness (QED) is 0.0799. The second-order valence-electron chi connectivity index (χ2n) is 5.81. The molecule has 0 aromatic rings. The summed E-state index contributed by atoms with van der Waals surface area (Å²) in [5.41, 5.74) is 0.